The molecule has 4 nitrogen and oxygen atoms in total. The van der Waals surface area contributed by atoms with E-state index in [1.807, 2.05) is 6.92 Å². The first kappa shape index (κ1) is 9.45. The van der Waals surface area contributed by atoms with E-state index in [1.165, 1.54) is 12.1 Å². The van der Waals surface area contributed by atoms with E-state index in [9.17, 15) is 9.90 Å². The van der Waals surface area contributed by atoms with Crippen LogP contribution in [0.2, 0.25) is 0 Å². The molecule has 4 heteroatoms. The fourth-order valence-electron chi connectivity index (χ4n) is 1.52. The Morgan fingerprint density at radius 3 is 2.73 bits per heavy atom. The number of phenols is 1. The zero-order chi connectivity index (χ0) is 11.0. The molecule has 0 amide bonds. The van der Waals surface area contributed by atoms with E-state index in [4.69, 9.17) is 5.11 Å². The second kappa shape index (κ2) is 3.24. The lowest BCUT2D eigenvalue weighted by Gasteiger charge is -2.03. The predicted molar refractivity (Wildman–Crippen MR) is 55.1 cm³/mol. The third-order valence-electron chi connectivity index (χ3n) is 2.22. The van der Waals surface area contributed by atoms with Crippen molar-refractivity contribution in [1.82, 2.24) is 4.98 Å². The second-order valence-electron chi connectivity index (χ2n) is 3.33. The lowest BCUT2D eigenvalue weighted by Crippen LogP contribution is -1.99. The maximum Gasteiger partial charge on any atom is 0.354 e. The maximum absolute atomic E-state index is 10.7. The number of benzene rings is 1. The zero-order valence-electron chi connectivity index (χ0n) is 8.06. The van der Waals surface area contributed by atoms with Crippen molar-refractivity contribution in [3.63, 3.8) is 0 Å². The summed E-state index contributed by atoms with van der Waals surface area (Å²) >= 11 is 0. The molecule has 76 valence electrons. The Labute approximate surface area is 85.8 Å². The number of hydrogen-bond acceptors (Lipinski definition) is 3. The molecule has 2 aromatic rings. The van der Waals surface area contributed by atoms with Crippen LogP contribution in [0.15, 0.2) is 24.3 Å². The molecule has 15 heavy (non-hydrogen) atoms. The van der Waals surface area contributed by atoms with Crippen LogP contribution in [0.4, 0.5) is 0 Å². The highest BCUT2D eigenvalue weighted by atomic mass is 16.4. The van der Waals surface area contributed by atoms with Crippen LogP contribution in [-0.2, 0) is 0 Å². The second-order valence-corrected chi connectivity index (χ2v) is 3.33. The Kier molecular flexibility index (Phi) is 2.04. The number of carbonyl (C=O) groups is 1. The first-order chi connectivity index (χ1) is 7.08. The number of phenolic OH excluding ortho intramolecular Hbond substituents is 1. The van der Waals surface area contributed by atoms with Gasteiger partial charge < -0.3 is 10.2 Å². The summed E-state index contributed by atoms with van der Waals surface area (Å²) in [7, 11) is 0. The van der Waals surface area contributed by atoms with Crippen molar-refractivity contribution in [2.24, 2.45) is 0 Å². The van der Waals surface area contributed by atoms with E-state index in [2.05, 4.69) is 4.98 Å². The number of nitrogens with zero attached hydrogens (tertiary/aromatic N) is 1. The van der Waals surface area contributed by atoms with Crippen molar-refractivity contribution in [3.05, 3.63) is 35.5 Å². The van der Waals surface area contributed by atoms with Gasteiger partial charge in [-0.1, -0.05) is 6.07 Å². The van der Waals surface area contributed by atoms with Gasteiger partial charge in [0, 0.05) is 11.5 Å². The fraction of sp³-hybridized carbons (Fsp3) is 0.0909. The van der Waals surface area contributed by atoms with Gasteiger partial charge in [0.1, 0.15) is 11.4 Å². The monoisotopic (exact) mass is 203 g/mol. The third-order valence-corrected chi connectivity index (χ3v) is 2.22. The summed E-state index contributed by atoms with van der Waals surface area (Å²) in [5.74, 6) is -0.979. The number of pyridine rings is 1. The van der Waals surface area contributed by atoms with E-state index in [0.717, 1.165) is 10.9 Å². The molecule has 0 radical (unpaired) electrons. The van der Waals surface area contributed by atoms with Gasteiger partial charge in [0.25, 0.3) is 0 Å². The number of aromatic nitrogens is 1. The average molecular weight is 203 g/mol. The minimum absolute atomic E-state index is 0.0208. The Hall–Kier alpha value is -2.10. The molecule has 1 heterocycles. The van der Waals surface area contributed by atoms with Gasteiger partial charge in [-0.25, -0.2) is 9.78 Å². The summed E-state index contributed by atoms with van der Waals surface area (Å²) in [6.45, 7) is 1.84. The number of carboxylic acid groups (broad SMARTS) is 1. The van der Waals surface area contributed by atoms with Gasteiger partial charge in [-0.15, -0.1) is 0 Å². The molecule has 0 aliphatic heterocycles. The zero-order valence-corrected chi connectivity index (χ0v) is 8.06. The molecule has 1 aromatic carbocycles. The summed E-state index contributed by atoms with van der Waals surface area (Å²) in [6, 6.07) is 6.22. The van der Waals surface area contributed by atoms with Gasteiger partial charge in [-0.05, 0) is 24.6 Å². The number of aryl methyl sites for hydroxylation is 1. The predicted octanol–water partition coefficient (Wildman–Crippen LogP) is 1.95. The third kappa shape index (κ3) is 1.61. The highest BCUT2D eigenvalue weighted by Crippen LogP contribution is 2.22. The largest absolute Gasteiger partial charge is 0.508 e. The molecule has 2 N–H and O–H groups in total. The highest BCUT2D eigenvalue weighted by molar-refractivity contribution is 5.91. The Morgan fingerprint density at radius 1 is 1.33 bits per heavy atom. The van der Waals surface area contributed by atoms with Crippen LogP contribution in [0, 0.1) is 6.92 Å². The number of aromatic carboxylic acids is 1. The van der Waals surface area contributed by atoms with Crippen LogP contribution in [0.3, 0.4) is 0 Å². The van der Waals surface area contributed by atoms with E-state index in [-0.39, 0.29) is 11.4 Å². The van der Waals surface area contributed by atoms with Crippen molar-refractivity contribution >= 4 is 16.9 Å². The normalized spacial score (nSPS) is 10.5. The van der Waals surface area contributed by atoms with Crippen molar-refractivity contribution in [3.8, 4) is 5.75 Å². The van der Waals surface area contributed by atoms with Crippen LogP contribution in [0.25, 0.3) is 10.9 Å². The van der Waals surface area contributed by atoms with Crippen LogP contribution in [-0.4, -0.2) is 21.2 Å². The maximum atomic E-state index is 10.7. The SMILES string of the molecule is Cc1cc(O)cc2nc(C(=O)O)ccc12. The molecule has 0 unspecified atom stereocenters. The van der Waals surface area contributed by atoms with Crippen LogP contribution in [0.5, 0.6) is 5.75 Å². The summed E-state index contributed by atoms with van der Waals surface area (Å²) < 4.78 is 0. The lowest BCUT2D eigenvalue weighted by molar-refractivity contribution is 0.0691. The van der Waals surface area contributed by atoms with Gasteiger partial charge in [0.2, 0.25) is 0 Å². The van der Waals surface area contributed by atoms with Crippen LogP contribution < -0.4 is 0 Å². The molecule has 0 spiro atoms. The standard InChI is InChI=1S/C11H9NO3/c1-6-4-7(13)5-10-8(6)2-3-9(12-10)11(14)15/h2-5,13H,1H3,(H,14,15). The molecule has 0 bridgehead atoms. The number of carboxylic acids is 1. The average Bonchev–Trinajstić information content (AvgIpc) is 2.16. The quantitative estimate of drug-likeness (QED) is 0.743. The Morgan fingerprint density at radius 2 is 2.07 bits per heavy atom. The summed E-state index contributed by atoms with van der Waals surface area (Å²) in [5, 5.41) is 19.0. The first-order valence-corrected chi connectivity index (χ1v) is 4.41. The lowest BCUT2D eigenvalue weighted by atomic mass is 10.1. The Bertz CT molecular complexity index is 549. The fourth-order valence-corrected chi connectivity index (χ4v) is 1.52. The Balaban J connectivity index is 2.76. The van der Waals surface area contributed by atoms with E-state index < -0.39 is 5.97 Å². The molecule has 2 rings (SSSR count). The number of hydrogen-bond donors (Lipinski definition) is 2. The van der Waals surface area contributed by atoms with Crippen molar-refractivity contribution < 1.29 is 15.0 Å². The molecule has 0 saturated heterocycles. The number of fused-ring (bicyclic) bond motifs is 1. The molecule has 1 aromatic heterocycles. The molecule has 0 saturated carbocycles. The van der Waals surface area contributed by atoms with Gasteiger partial charge >= 0.3 is 5.97 Å². The number of rotatable bonds is 1. The summed E-state index contributed by atoms with van der Waals surface area (Å²) in [5.41, 5.74) is 1.34. The molecule has 0 atom stereocenters. The first-order valence-electron chi connectivity index (χ1n) is 4.41. The van der Waals surface area contributed by atoms with Gasteiger partial charge in [-0.2, -0.15) is 0 Å². The van der Waals surface area contributed by atoms with Crippen LogP contribution in [0.1, 0.15) is 16.1 Å². The molecular weight excluding hydrogens is 194 g/mol. The smallest absolute Gasteiger partial charge is 0.354 e. The molecule has 0 fully saturated rings. The van der Waals surface area contributed by atoms with E-state index >= 15 is 0 Å². The van der Waals surface area contributed by atoms with Crippen LogP contribution >= 0.6 is 0 Å². The molecule has 0 aliphatic carbocycles. The topological polar surface area (TPSA) is 70.4 Å². The van der Waals surface area contributed by atoms with Gasteiger partial charge in [0.05, 0.1) is 5.52 Å². The van der Waals surface area contributed by atoms with E-state index in [1.54, 1.807) is 12.1 Å². The number of aromatic hydroxyl groups is 1. The molecular formula is C11H9NO3. The van der Waals surface area contributed by atoms with Crippen molar-refractivity contribution in [1.29, 1.82) is 0 Å². The minimum atomic E-state index is -1.07. The minimum Gasteiger partial charge on any atom is -0.508 e. The summed E-state index contributed by atoms with van der Waals surface area (Å²) in [4.78, 5) is 14.6. The highest BCUT2D eigenvalue weighted by Gasteiger charge is 2.07. The van der Waals surface area contributed by atoms with Crippen molar-refractivity contribution in [2.75, 3.05) is 0 Å². The van der Waals surface area contributed by atoms with Gasteiger partial charge in [0.15, 0.2) is 0 Å². The summed E-state index contributed by atoms with van der Waals surface area (Å²) in [6.07, 6.45) is 0. The van der Waals surface area contributed by atoms with Gasteiger partial charge in [-0.3, -0.25) is 0 Å². The van der Waals surface area contributed by atoms with E-state index in [0.29, 0.717) is 5.52 Å². The van der Waals surface area contributed by atoms with Crippen molar-refractivity contribution in [2.45, 2.75) is 6.92 Å². The molecule has 0 aliphatic rings.